The summed E-state index contributed by atoms with van der Waals surface area (Å²) in [4.78, 5) is 4.96. The first-order valence-corrected chi connectivity index (χ1v) is 24.4. The third-order valence-corrected chi connectivity index (χ3v) is 14.7. The summed E-state index contributed by atoms with van der Waals surface area (Å²) in [6.07, 6.45) is 0. The van der Waals surface area contributed by atoms with Gasteiger partial charge in [0.25, 0.3) is 0 Å². The fourth-order valence-corrected chi connectivity index (χ4v) is 11.6. The van der Waals surface area contributed by atoms with Crippen LogP contribution in [0.25, 0.3) is 66.1 Å². The lowest BCUT2D eigenvalue weighted by Gasteiger charge is -2.39. The van der Waals surface area contributed by atoms with E-state index in [1.165, 1.54) is 93.9 Å². The molecule has 0 aliphatic carbocycles. The first kappa shape index (κ1) is 42.3. The maximum atomic E-state index is 2.51. The fourth-order valence-electron chi connectivity index (χ4n) is 11.6. The van der Waals surface area contributed by atoms with Gasteiger partial charge in [0.2, 0.25) is 0 Å². The molecule has 0 N–H and O–H groups in total. The van der Waals surface area contributed by atoms with Crippen molar-refractivity contribution in [3.63, 3.8) is 0 Å². The van der Waals surface area contributed by atoms with Crippen LogP contribution in [0.3, 0.4) is 0 Å². The van der Waals surface area contributed by atoms with Crippen molar-refractivity contribution in [3.05, 3.63) is 264 Å². The minimum atomic E-state index is 0. The monoisotopic (exact) mass is 912 g/mol. The maximum absolute atomic E-state index is 2.51. The molecule has 0 fully saturated rings. The molecule has 2 aliphatic rings. The van der Waals surface area contributed by atoms with Gasteiger partial charge in [0, 0.05) is 60.6 Å². The SMILES string of the molecule is C.CC(C)(C)c1ccc(N2c3ccccc3C(=C3c4ccccc4N(c4cc(-n5c6ccccc6c6ccccc65)cc(-n5c6ccccc6c6ccccc65)c4)c4ccccc43)c3ccccc32)cc1. The third kappa shape index (κ3) is 6.38. The number of hydrogen-bond donors (Lipinski definition) is 0. The summed E-state index contributed by atoms with van der Waals surface area (Å²) < 4.78 is 4.91. The highest BCUT2D eigenvalue weighted by atomic mass is 15.2. The minimum absolute atomic E-state index is 0. The van der Waals surface area contributed by atoms with Crippen molar-refractivity contribution in [2.75, 3.05) is 9.80 Å². The topological polar surface area (TPSA) is 16.3 Å². The molecule has 0 amide bonds. The van der Waals surface area contributed by atoms with Gasteiger partial charge in [0.05, 0.1) is 61.9 Å². The molecule has 2 aromatic heterocycles. The molecule has 340 valence electrons. The molecule has 14 rings (SSSR count). The zero-order valence-corrected chi connectivity index (χ0v) is 39.3. The smallest absolute Gasteiger partial charge is 0.0541 e. The van der Waals surface area contributed by atoms with E-state index >= 15 is 0 Å². The van der Waals surface area contributed by atoms with E-state index in [0.717, 1.165) is 34.1 Å². The maximum Gasteiger partial charge on any atom is 0.0541 e. The normalized spacial score (nSPS) is 13.1. The molecule has 0 radical (unpaired) electrons. The summed E-state index contributed by atoms with van der Waals surface area (Å²) in [5, 5.41) is 4.95. The molecule has 4 heterocycles. The van der Waals surface area contributed by atoms with E-state index in [2.05, 4.69) is 276 Å². The second-order valence-corrected chi connectivity index (χ2v) is 19.7. The van der Waals surface area contributed by atoms with Gasteiger partial charge in [-0.2, -0.15) is 0 Å². The van der Waals surface area contributed by atoms with Crippen LogP contribution in [0.4, 0.5) is 34.1 Å². The molecule has 71 heavy (non-hydrogen) atoms. The van der Waals surface area contributed by atoms with Crippen molar-refractivity contribution in [1.29, 1.82) is 0 Å². The Morgan fingerprint density at radius 1 is 0.282 bits per heavy atom. The Kier molecular flexibility index (Phi) is 9.59. The molecule has 2 aliphatic heterocycles. The molecule has 4 heteroatoms. The summed E-state index contributed by atoms with van der Waals surface area (Å²) >= 11 is 0. The second kappa shape index (κ2) is 16.1. The van der Waals surface area contributed by atoms with Gasteiger partial charge in [-0.1, -0.05) is 186 Å². The van der Waals surface area contributed by atoms with E-state index in [-0.39, 0.29) is 12.8 Å². The lowest BCUT2D eigenvalue weighted by Crippen LogP contribution is -2.22. The molecular formula is C67H52N4. The Balaban J connectivity index is 0.00000492. The van der Waals surface area contributed by atoms with Gasteiger partial charge in [-0.25, -0.2) is 0 Å². The summed E-state index contributed by atoms with van der Waals surface area (Å²) in [5.41, 5.74) is 22.3. The van der Waals surface area contributed by atoms with E-state index < -0.39 is 0 Å². The molecule has 0 bridgehead atoms. The largest absolute Gasteiger partial charge is 0.309 e. The Hall–Kier alpha value is -8.86. The molecule has 0 unspecified atom stereocenters. The number of fused-ring (bicyclic) bond motifs is 10. The standard InChI is InChI=1S/C66H48N4.CH4/c1-66(2,3)43-36-38-44(39-37-43)67-60-32-16-8-24-52(60)64(53-25-9-17-33-61(53)67)65-54-26-10-18-34-62(54)70(63-35-19-11-27-55(63)65)47-41-45(68-56-28-12-4-20-48(56)49-21-5-13-29-57(49)68)40-46(42-47)69-58-30-14-6-22-50(58)51-23-7-15-31-59(51)69;/h4-42H,1-3H3;1H4. The number of benzene rings is 10. The molecule has 4 nitrogen and oxygen atoms in total. The molecule has 12 aromatic rings. The predicted octanol–water partition coefficient (Wildman–Crippen LogP) is 18.4. The Labute approximate surface area is 415 Å². The van der Waals surface area contributed by atoms with Crippen LogP contribution < -0.4 is 9.80 Å². The zero-order valence-electron chi connectivity index (χ0n) is 39.3. The highest BCUT2D eigenvalue weighted by molar-refractivity contribution is 6.18. The molecular weight excluding hydrogens is 861 g/mol. The van der Waals surface area contributed by atoms with Crippen LogP contribution in [0.2, 0.25) is 0 Å². The van der Waals surface area contributed by atoms with E-state index in [4.69, 9.17) is 0 Å². The van der Waals surface area contributed by atoms with E-state index in [1.54, 1.807) is 0 Å². The number of aromatic nitrogens is 2. The van der Waals surface area contributed by atoms with Gasteiger partial charge in [0.15, 0.2) is 0 Å². The van der Waals surface area contributed by atoms with Crippen LogP contribution in [-0.4, -0.2) is 9.13 Å². The van der Waals surface area contributed by atoms with Gasteiger partial charge in [-0.15, -0.1) is 0 Å². The number of rotatable bonds is 4. The molecule has 0 atom stereocenters. The van der Waals surface area contributed by atoms with E-state index in [0.29, 0.717) is 0 Å². The van der Waals surface area contributed by atoms with Gasteiger partial charge in [-0.3, -0.25) is 0 Å². The zero-order chi connectivity index (χ0) is 46.7. The Morgan fingerprint density at radius 3 is 0.901 bits per heavy atom. The van der Waals surface area contributed by atoms with Crippen molar-refractivity contribution in [2.45, 2.75) is 33.6 Å². The molecule has 0 saturated carbocycles. The lowest BCUT2D eigenvalue weighted by atomic mass is 9.79. The Bertz CT molecular complexity index is 3780. The molecule has 0 saturated heterocycles. The second-order valence-electron chi connectivity index (χ2n) is 19.7. The minimum Gasteiger partial charge on any atom is -0.309 e. The van der Waals surface area contributed by atoms with Gasteiger partial charge in [0.1, 0.15) is 0 Å². The number of nitrogens with zero attached hydrogens (tertiary/aromatic N) is 4. The third-order valence-electron chi connectivity index (χ3n) is 14.7. The summed E-state index contributed by atoms with van der Waals surface area (Å²) in [7, 11) is 0. The average molecular weight is 913 g/mol. The summed E-state index contributed by atoms with van der Waals surface area (Å²) in [6, 6.07) is 87.6. The average Bonchev–Trinajstić information content (AvgIpc) is 3.93. The van der Waals surface area contributed by atoms with Gasteiger partial charge in [-0.05, 0) is 89.8 Å². The number of para-hydroxylation sites is 8. The van der Waals surface area contributed by atoms with Crippen LogP contribution in [-0.2, 0) is 5.41 Å². The van der Waals surface area contributed by atoms with Gasteiger partial charge >= 0.3 is 0 Å². The van der Waals surface area contributed by atoms with Gasteiger partial charge < -0.3 is 18.9 Å². The lowest BCUT2D eigenvalue weighted by molar-refractivity contribution is 0.590. The molecule has 0 spiro atoms. The molecule has 10 aromatic carbocycles. The van der Waals surface area contributed by atoms with Crippen LogP contribution >= 0.6 is 0 Å². The predicted molar refractivity (Wildman–Crippen MR) is 301 cm³/mol. The van der Waals surface area contributed by atoms with Crippen molar-refractivity contribution >= 4 is 88.9 Å². The number of anilines is 6. The quantitative estimate of drug-likeness (QED) is 0.175. The highest BCUT2D eigenvalue weighted by Gasteiger charge is 2.35. The van der Waals surface area contributed by atoms with Crippen LogP contribution in [0.5, 0.6) is 0 Å². The first-order valence-electron chi connectivity index (χ1n) is 24.4. The van der Waals surface area contributed by atoms with Crippen LogP contribution in [0, 0.1) is 0 Å². The highest BCUT2D eigenvalue weighted by Crippen LogP contribution is 2.57. The van der Waals surface area contributed by atoms with E-state index in [1.807, 2.05) is 0 Å². The van der Waals surface area contributed by atoms with Crippen molar-refractivity contribution in [3.8, 4) is 11.4 Å². The number of hydrogen-bond acceptors (Lipinski definition) is 2. The van der Waals surface area contributed by atoms with Crippen molar-refractivity contribution in [2.24, 2.45) is 0 Å². The Morgan fingerprint density at radius 2 is 0.563 bits per heavy atom. The first-order chi connectivity index (χ1) is 34.4. The van der Waals surface area contributed by atoms with Crippen LogP contribution in [0.1, 0.15) is 56.0 Å². The van der Waals surface area contributed by atoms with Crippen molar-refractivity contribution < 1.29 is 0 Å². The van der Waals surface area contributed by atoms with E-state index in [9.17, 15) is 0 Å². The summed E-state index contributed by atoms with van der Waals surface area (Å²) in [5.74, 6) is 0. The summed E-state index contributed by atoms with van der Waals surface area (Å²) in [6.45, 7) is 6.83. The van der Waals surface area contributed by atoms with Crippen LogP contribution in [0.15, 0.2) is 237 Å². The van der Waals surface area contributed by atoms with Crippen molar-refractivity contribution in [1.82, 2.24) is 9.13 Å². The fraction of sp³-hybridized carbons (Fsp3) is 0.0746.